The summed E-state index contributed by atoms with van der Waals surface area (Å²) in [6.45, 7) is 1.44. The van der Waals surface area contributed by atoms with Crippen LogP contribution in [-0.2, 0) is 4.79 Å². The maximum absolute atomic E-state index is 10.9. The lowest BCUT2D eigenvalue weighted by Gasteiger charge is -2.01. The smallest absolute Gasteiger partial charge is 0.335 e. The number of carbonyl (C=O) groups excluding carboxylic acids is 1. The molecule has 0 atom stereocenters. The molecular weight excluding hydrogens is 270 g/mol. The number of rotatable bonds is 4. The Kier molecular flexibility index (Phi) is 4.40. The third-order valence-electron chi connectivity index (χ3n) is 2.58. The first-order valence-corrected chi connectivity index (χ1v) is 6.17. The van der Waals surface area contributed by atoms with E-state index in [9.17, 15) is 9.59 Å². The second-order valence-electron chi connectivity index (χ2n) is 4.28. The third kappa shape index (κ3) is 4.24. The zero-order valence-corrected chi connectivity index (χ0v) is 11.3. The Morgan fingerprint density at radius 3 is 1.81 bits per heavy atom. The zero-order chi connectivity index (χ0) is 15.2. The lowest BCUT2D eigenvalue weighted by molar-refractivity contribution is -0.114. The van der Waals surface area contributed by atoms with Crippen LogP contribution in [0.3, 0.4) is 0 Å². The highest BCUT2D eigenvalue weighted by atomic mass is 16.4. The SMILES string of the molecule is CC(=O)Nc1ccc(N=Nc2ccc(C(=O)O)cc2)cc1. The van der Waals surface area contributed by atoms with Crippen LogP contribution in [0.1, 0.15) is 17.3 Å². The Morgan fingerprint density at radius 2 is 1.38 bits per heavy atom. The van der Waals surface area contributed by atoms with Gasteiger partial charge in [0.25, 0.3) is 0 Å². The van der Waals surface area contributed by atoms with Gasteiger partial charge in [-0.1, -0.05) is 0 Å². The van der Waals surface area contributed by atoms with Crippen LogP contribution in [0.15, 0.2) is 58.8 Å². The molecule has 0 bridgehead atoms. The van der Waals surface area contributed by atoms with Crippen LogP contribution in [0.4, 0.5) is 17.1 Å². The fourth-order valence-electron chi connectivity index (χ4n) is 1.60. The Hall–Kier alpha value is -3.02. The molecule has 6 heteroatoms. The van der Waals surface area contributed by atoms with E-state index in [1.54, 1.807) is 36.4 Å². The molecule has 0 unspecified atom stereocenters. The van der Waals surface area contributed by atoms with Gasteiger partial charge in [-0.15, -0.1) is 0 Å². The number of hydrogen-bond donors (Lipinski definition) is 2. The fourth-order valence-corrected chi connectivity index (χ4v) is 1.60. The van der Waals surface area contributed by atoms with E-state index in [0.29, 0.717) is 17.1 Å². The number of carboxylic acids is 1. The summed E-state index contributed by atoms with van der Waals surface area (Å²) in [5, 5.41) is 19.5. The molecule has 0 spiro atoms. The van der Waals surface area contributed by atoms with Crippen molar-refractivity contribution in [1.29, 1.82) is 0 Å². The van der Waals surface area contributed by atoms with Gasteiger partial charge in [-0.3, -0.25) is 4.79 Å². The maximum Gasteiger partial charge on any atom is 0.335 e. The van der Waals surface area contributed by atoms with Crippen molar-refractivity contribution in [3.63, 3.8) is 0 Å². The molecule has 0 aliphatic carbocycles. The van der Waals surface area contributed by atoms with Gasteiger partial charge in [-0.25, -0.2) is 4.79 Å². The third-order valence-corrected chi connectivity index (χ3v) is 2.58. The summed E-state index contributed by atoms with van der Waals surface area (Å²) in [5.74, 6) is -1.12. The molecule has 0 saturated carbocycles. The quantitative estimate of drug-likeness (QED) is 0.837. The standard InChI is InChI=1S/C15H13N3O3/c1-10(19)16-12-6-8-14(9-7-12)18-17-13-4-2-11(3-5-13)15(20)21/h2-9H,1H3,(H,16,19)(H,20,21). The number of aromatic carboxylic acids is 1. The van der Waals surface area contributed by atoms with Crippen molar-refractivity contribution < 1.29 is 14.7 Å². The predicted molar refractivity (Wildman–Crippen MR) is 78.3 cm³/mol. The molecule has 0 saturated heterocycles. The van der Waals surface area contributed by atoms with E-state index in [-0.39, 0.29) is 11.5 Å². The van der Waals surface area contributed by atoms with Crippen LogP contribution < -0.4 is 5.32 Å². The highest BCUT2D eigenvalue weighted by Crippen LogP contribution is 2.20. The van der Waals surface area contributed by atoms with Crippen molar-refractivity contribution >= 4 is 28.9 Å². The van der Waals surface area contributed by atoms with Crippen molar-refractivity contribution in [1.82, 2.24) is 0 Å². The van der Waals surface area contributed by atoms with Gasteiger partial charge in [0.2, 0.25) is 5.91 Å². The van der Waals surface area contributed by atoms with Crippen LogP contribution in [0.5, 0.6) is 0 Å². The Morgan fingerprint density at radius 1 is 0.905 bits per heavy atom. The minimum atomic E-state index is -0.980. The van der Waals surface area contributed by atoms with Gasteiger partial charge < -0.3 is 10.4 Å². The van der Waals surface area contributed by atoms with Gasteiger partial charge in [0.05, 0.1) is 16.9 Å². The molecule has 6 nitrogen and oxygen atoms in total. The molecule has 2 aromatic carbocycles. The number of carbonyl (C=O) groups is 2. The monoisotopic (exact) mass is 283 g/mol. The summed E-state index contributed by atoms with van der Waals surface area (Å²) in [6.07, 6.45) is 0. The van der Waals surface area contributed by atoms with Crippen LogP contribution in [0, 0.1) is 0 Å². The van der Waals surface area contributed by atoms with Crippen molar-refractivity contribution in [2.45, 2.75) is 6.92 Å². The minimum Gasteiger partial charge on any atom is -0.478 e. The Balaban J connectivity index is 2.06. The maximum atomic E-state index is 10.9. The van der Waals surface area contributed by atoms with Gasteiger partial charge in [0, 0.05) is 12.6 Å². The second kappa shape index (κ2) is 6.42. The molecule has 0 fully saturated rings. The lowest BCUT2D eigenvalue weighted by Crippen LogP contribution is -2.04. The summed E-state index contributed by atoms with van der Waals surface area (Å²) >= 11 is 0. The van der Waals surface area contributed by atoms with Gasteiger partial charge in [-0.2, -0.15) is 10.2 Å². The van der Waals surface area contributed by atoms with Gasteiger partial charge in [0.1, 0.15) is 0 Å². The van der Waals surface area contributed by atoms with E-state index in [4.69, 9.17) is 5.11 Å². The lowest BCUT2D eigenvalue weighted by atomic mass is 10.2. The van der Waals surface area contributed by atoms with Crippen LogP contribution in [-0.4, -0.2) is 17.0 Å². The van der Waals surface area contributed by atoms with E-state index in [1.165, 1.54) is 19.1 Å². The number of azo groups is 1. The van der Waals surface area contributed by atoms with E-state index in [1.807, 2.05) is 0 Å². The summed E-state index contributed by atoms with van der Waals surface area (Å²) in [4.78, 5) is 21.6. The number of amides is 1. The number of carboxylic acid groups (broad SMARTS) is 1. The fraction of sp³-hybridized carbons (Fsp3) is 0.0667. The first kappa shape index (κ1) is 14.4. The van der Waals surface area contributed by atoms with Crippen molar-refractivity contribution in [3.05, 3.63) is 54.1 Å². The average molecular weight is 283 g/mol. The largest absolute Gasteiger partial charge is 0.478 e. The molecule has 106 valence electrons. The van der Waals surface area contributed by atoms with E-state index in [0.717, 1.165) is 0 Å². The molecule has 2 aromatic rings. The highest BCUT2D eigenvalue weighted by molar-refractivity contribution is 5.89. The van der Waals surface area contributed by atoms with E-state index < -0.39 is 5.97 Å². The summed E-state index contributed by atoms with van der Waals surface area (Å²) < 4.78 is 0. The number of benzene rings is 2. The summed E-state index contributed by atoms with van der Waals surface area (Å²) in [7, 11) is 0. The predicted octanol–water partition coefficient (Wildman–Crippen LogP) is 3.76. The first-order valence-electron chi connectivity index (χ1n) is 6.17. The van der Waals surface area contributed by atoms with Crippen molar-refractivity contribution in [3.8, 4) is 0 Å². The number of nitrogens with zero attached hydrogens (tertiary/aromatic N) is 2. The number of anilines is 1. The molecule has 2 N–H and O–H groups in total. The molecule has 2 rings (SSSR count). The normalized spacial score (nSPS) is 10.5. The molecule has 0 aliphatic rings. The number of nitrogens with one attached hydrogen (secondary N) is 1. The van der Waals surface area contributed by atoms with E-state index in [2.05, 4.69) is 15.5 Å². The Bertz CT molecular complexity index is 676. The first-order chi connectivity index (χ1) is 10.0. The second-order valence-corrected chi connectivity index (χ2v) is 4.28. The molecule has 0 radical (unpaired) electrons. The van der Waals surface area contributed by atoms with Crippen LogP contribution >= 0.6 is 0 Å². The zero-order valence-electron chi connectivity index (χ0n) is 11.3. The van der Waals surface area contributed by atoms with Gasteiger partial charge in [0.15, 0.2) is 0 Å². The molecule has 0 aromatic heterocycles. The van der Waals surface area contributed by atoms with Crippen LogP contribution in [0.25, 0.3) is 0 Å². The minimum absolute atomic E-state index is 0.136. The summed E-state index contributed by atoms with van der Waals surface area (Å²) in [6, 6.07) is 13.0. The molecule has 1 amide bonds. The van der Waals surface area contributed by atoms with Gasteiger partial charge in [-0.05, 0) is 48.5 Å². The average Bonchev–Trinajstić information content (AvgIpc) is 2.46. The topological polar surface area (TPSA) is 91.1 Å². The molecule has 0 aliphatic heterocycles. The Labute approximate surface area is 121 Å². The molecule has 0 heterocycles. The molecular formula is C15H13N3O3. The summed E-state index contributed by atoms with van der Waals surface area (Å²) in [5.41, 5.74) is 2.08. The number of hydrogen-bond acceptors (Lipinski definition) is 4. The van der Waals surface area contributed by atoms with Crippen molar-refractivity contribution in [2.75, 3.05) is 5.32 Å². The van der Waals surface area contributed by atoms with E-state index >= 15 is 0 Å². The van der Waals surface area contributed by atoms with Crippen molar-refractivity contribution in [2.24, 2.45) is 10.2 Å². The highest BCUT2D eigenvalue weighted by Gasteiger charge is 2.01. The molecule has 21 heavy (non-hydrogen) atoms. The van der Waals surface area contributed by atoms with Gasteiger partial charge >= 0.3 is 5.97 Å². The van der Waals surface area contributed by atoms with Crippen LogP contribution in [0.2, 0.25) is 0 Å².